The van der Waals surface area contributed by atoms with Crippen LogP contribution in [-0.4, -0.2) is 23.9 Å². The van der Waals surface area contributed by atoms with Gasteiger partial charge in [-0.05, 0) is 122 Å². The summed E-state index contributed by atoms with van der Waals surface area (Å²) in [7, 11) is 0. The average Bonchev–Trinajstić information content (AvgIpc) is 2.77. The molecule has 2 nitrogen and oxygen atoms in total. The lowest BCUT2D eigenvalue weighted by Gasteiger charge is -2.72. The van der Waals surface area contributed by atoms with Gasteiger partial charge in [-0.2, -0.15) is 0 Å². The molecule has 5 aliphatic carbocycles. The lowest BCUT2D eigenvalue weighted by Crippen LogP contribution is -2.66. The number of hydrogen-bond donors (Lipinski definition) is 1. The summed E-state index contributed by atoms with van der Waals surface area (Å²) in [6, 6.07) is 0. The molecule has 1 N–H and O–H groups in total. The molecular formula is C34H58O2. The Morgan fingerprint density at radius 1 is 0.889 bits per heavy atom. The Morgan fingerprint density at radius 2 is 1.58 bits per heavy atom. The molecule has 10 atom stereocenters. The number of ether oxygens (including phenoxy) is 1. The standard InChI is InChI=1S/C34H58O2/c1-22(2)36-28-14-15-31(7)26(32(28,8)21-35)13-16-34(10)27(31)12-11-24-25-20-29(4,5)19-23(3)30(25,6)17-18-33(24,34)9/h11,22-23,25-28,35H,12-21H2,1-10H3/t23-,25?,26?,27?,28+,30+,31+,32-,33-,34-/m1/s1. The Balaban J connectivity index is 1.54. The second-order valence-corrected chi connectivity index (χ2v) is 16.7. The van der Waals surface area contributed by atoms with Crippen LogP contribution in [0.15, 0.2) is 11.6 Å². The molecule has 36 heavy (non-hydrogen) atoms. The van der Waals surface area contributed by atoms with E-state index < -0.39 is 0 Å². The largest absolute Gasteiger partial charge is 0.396 e. The molecular weight excluding hydrogens is 440 g/mol. The Bertz CT molecular complexity index is 903. The van der Waals surface area contributed by atoms with Crippen LogP contribution in [0.1, 0.15) is 127 Å². The van der Waals surface area contributed by atoms with E-state index in [1.807, 2.05) is 5.57 Å². The number of fused-ring (bicyclic) bond motifs is 7. The highest BCUT2D eigenvalue weighted by atomic mass is 16.5. The van der Waals surface area contributed by atoms with Gasteiger partial charge >= 0.3 is 0 Å². The van der Waals surface area contributed by atoms with Gasteiger partial charge in [0, 0.05) is 5.41 Å². The van der Waals surface area contributed by atoms with Gasteiger partial charge in [-0.3, -0.25) is 0 Å². The van der Waals surface area contributed by atoms with Gasteiger partial charge in [0.1, 0.15) is 0 Å². The van der Waals surface area contributed by atoms with Gasteiger partial charge in [-0.25, -0.2) is 0 Å². The molecule has 0 aromatic heterocycles. The zero-order valence-corrected chi connectivity index (χ0v) is 25.5. The highest BCUT2D eigenvalue weighted by Crippen LogP contribution is 2.76. The van der Waals surface area contributed by atoms with Crippen molar-refractivity contribution in [2.75, 3.05) is 6.61 Å². The van der Waals surface area contributed by atoms with E-state index in [-0.39, 0.29) is 29.6 Å². The fourth-order valence-electron chi connectivity index (χ4n) is 11.7. The second kappa shape index (κ2) is 8.33. The first kappa shape index (κ1) is 27.2. The molecule has 0 radical (unpaired) electrons. The van der Waals surface area contributed by atoms with E-state index in [0.717, 1.165) is 18.3 Å². The summed E-state index contributed by atoms with van der Waals surface area (Å²) in [6.07, 6.45) is 14.8. The van der Waals surface area contributed by atoms with Gasteiger partial charge in [0.25, 0.3) is 0 Å². The smallest absolute Gasteiger partial charge is 0.0657 e. The predicted octanol–water partition coefficient (Wildman–Crippen LogP) is 8.82. The Morgan fingerprint density at radius 3 is 2.22 bits per heavy atom. The van der Waals surface area contributed by atoms with Crippen molar-refractivity contribution >= 4 is 0 Å². The number of hydrogen-bond acceptors (Lipinski definition) is 2. The van der Waals surface area contributed by atoms with Gasteiger partial charge in [-0.1, -0.05) is 67.0 Å². The number of aliphatic hydroxyl groups is 1. The molecule has 3 unspecified atom stereocenters. The monoisotopic (exact) mass is 498 g/mol. The van der Waals surface area contributed by atoms with Crippen molar-refractivity contribution in [1.82, 2.24) is 0 Å². The van der Waals surface area contributed by atoms with Gasteiger partial charge < -0.3 is 9.84 Å². The third kappa shape index (κ3) is 3.47. The van der Waals surface area contributed by atoms with Crippen molar-refractivity contribution in [3.05, 3.63) is 11.6 Å². The Labute approximate surface area is 223 Å². The second-order valence-electron chi connectivity index (χ2n) is 16.7. The van der Waals surface area contributed by atoms with E-state index >= 15 is 0 Å². The Hall–Kier alpha value is -0.340. The van der Waals surface area contributed by atoms with Gasteiger partial charge in [-0.15, -0.1) is 0 Å². The van der Waals surface area contributed by atoms with Crippen LogP contribution >= 0.6 is 0 Å². The zero-order chi connectivity index (χ0) is 26.5. The summed E-state index contributed by atoms with van der Waals surface area (Å²) in [6.45, 7) is 25.2. The fourth-order valence-corrected chi connectivity index (χ4v) is 11.7. The Kier molecular flexibility index (Phi) is 6.30. The minimum absolute atomic E-state index is 0.141. The molecule has 4 saturated carbocycles. The highest BCUT2D eigenvalue weighted by molar-refractivity contribution is 5.34. The first-order valence-corrected chi connectivity index (χ1v) is 15.5. The molecule has 5 aliphatic rings. The fraction of sp³-hybridized carbons (Fsp3) is 0.941. The van der Waals surface area contributed by atoms with Crippen LogP contribution in [0.2, 0.25) is 0 Å². The highest BCUT2D eigenvalue weighted by Gasteiger charge is 2.69. The topological polar surface area (TPSA) is 29.5 Å². The first-order valence-electron chi connectivity index (χ1n) is 15.5. The van der Waals surface area contributed by atoms with E-state index in [1.54, 1.807) is 0 Å². The van der Waals surface area contributed by atoms with Crippen molar-refractivity contribution in [3.8, 4) is 0 Å². The number of aliphatic hydroxyl groups excluding tert-OH is 1. The SMILES string of the molecule is CC(C)O[C@H]1CC[C@@]2(C)C(CC[C@]3(C)C2CC=C2C4CC(C)(C)C[C@@H](C)[C@]4(C)CC[C@]23C)[C@@]1(C)CO. The van der Waals surface area contributed by atoms with E-state index in [2.05, 4.69) is 75.3 Å². The molecule has 0 aliphatic heterocycles. The first-order chi connectivity index (χ1) is 16.6. The minimum atomic E-state index is -0.141. The summed E-state index contributed by atoms with van der Waals surface area (Å²) in [5.41, 5.74) is 3.55. The normalized spacial score (nSPS) is 54.1. The van der Waals surface area contributed by atoms with E-state index in [4.69, 9.17) is 4.74 Å². The lowest BCUT2D eigenvalue weighted by molar-refractivity contribution is -0.230. The van der Waals surface area contributed by atoms with E-state index in [1.165, 1.54) is 51.4 Å². The van der Waals surface area contributed by atoms with Gasteiger partial charge in [0.2, 0.25) is 0 Å². The summed E-state index contributed by atoms with van der Waals surface area (Å²) < 4.78 is 6.49. The minimum Gasteiger partial charge on any atom is -0.396 e. The predicted molar refractivity (Wildman–Crippen MR) is 151 cm³/mol. The molecule has 0 spiro atoms. The zero-order valence-electron chi connectivity index (χ0n) is 25.5. The number of allylic oxidation sites excluding steroid dienone is 2. The van der Waals surface area contributed by atoms with Crippen LogP contribution in [0.25, 0.3) is 0 Å². The van der Waals surface area contributed by atoms with E-state index in [0.29, 0.717) is 33.5 Å². The number of rotatable bonds is 3. The summed E-state index contributed by atoms with van der Waals surface area (Å²) in [4.78, 5) is 0. The maximum absolute atomic E-state index is 10.8. The van der Waals surface area contributed by atoms with Crippen molar-refractivity contribution < 1.29 is 9.84 Å². The van der Waals surface area contributed by atoms with Crippen LogP contribution in [0.5, 0.6) is 0 Å². The molecule has 0 aromatic rings. The van der Waals surface area contributed by atoms with Crippen molar-refractivity contribution in [2.45, 2.75) is 139 Å². The van der Waals surface area contributed by atoms with Gasteiger partial charge in [0.15, 0.2) is 0 Å². The third-order valence-electron chi connectivity index (χ3n) is 14.1. The van der Waals surface area contributed by atoms with Crippen LogP contribution in [0.3, 0.4) is 0 Å². The average molecular weight is 499 g/mol. The van der Waals surface area contributed by atoms with Crippen molar-refractivity contribution in [1.29, 1.82) is 0 Å². The van der Waals surface area contributed by atoms with Crippen LogP contribution < -0.4 is 0 Å². The molecule has 0 amide bonds. The third-order valence-corrected chi connectivity index (χ3v) is 14.1. The molecule has 0 bridgehead atoms. The molecule has 5 rings (SSSR count). The van der Waals surface area contributed by atoms with Crippen molar-refractivity contribution in [2.24, 2.45) is 56.2 Å². The molecule has 206 valence electrons. The maximum atomic E-state index is 10.8. The van der Waals surface area contributed by atoms with E-state index in [9.17, 15) is 5.11 Å². The molecule has 2 heteroatoms. The van der Waals surface area contributed by atoms with Crippen molar-refractivity contribution in [3.63, 3.8) is 0 Å². The summed E-state index contributed by atoms with van der Waals surface area (Å²) in [5.74, 6) is 2.78. The lowest BCUT2D eigenvalue weighted by atomic mass is 9.33. The van der Waals surface area contributed by atoms with Gasteiger partial charge in [0.05, 0.1) is 18.8 Å². The maximum Gasteiger partial charge on any atom is 0.0657 e. The summed E-state index contributed by atoms with van der Waals surface area (Å²) >= 11 is 0. The van der Waals surface area contributed by atoms with Crippen LogP contribution in [0, 0.1) is 56.2 Å². The molecule has 0 aromatic carbocycles. The van der Waals surface area contributed by atoms with Crippen LogP contribution in [0.4, 0.5) is 0 Å². The summed E-state index contributed by atoms with van der Waals surface area (Å²) in [5, 5.41) is 10.8. The van der Waals surface area contributed by atoms with Crippen LogP contribution in [-0.2, 0) is 4.74 Å². The molecule has 4 fully saturated rings. The molecule has 0 heterocycles. The quantitative estimate of drug-likeness (QED) is 0.394. The molecule has 0 saturated heterocycles.